The molecule has 118 valence electrons. The molecule has 0 aliphatic heterocycles. The van der Waals surface area contributed by atoms with Crippen LogP contribution in [0.25, 0.3) is 10.9 Å². The van der Waals surface area contributed by atoms with Crippen LogP contribution >= 0.6 is 11.6 Å². The first kappa shape index (κ1) is 15.5. The summed E-state index contributed by atoms with van der Waals surface area (Å²) >= 11 is 5.89. The van der Waals surface area contributed by atoms with E-state index in [4.69, 9.17) is 11.6 Å². The molecule has 0 bridgehead atoms. The Morgan fingerprint density at radius 1 is 1.30 bits per heavy atom. The molecule has 0 saturated carbocycles. The lowest BCUT2D eigenvalue weighted by Gasteiger charge is -2.15. The van der Waals surface area contributed by atoms with Gasteiger partial charge in [-0.25, -0.2) is 9.37 Å². The number of halogens is 2. The van der Waals surface area contributed by atoms with Gasteiger partial charge in [0.2, 0.25) is 0 Å². The van der Waals surface area contributed by atoms with Gasteiger partial charge in [-0.3, -0.25) is 4.79 Å². The van der Waals surface area contributed by atoms with Crippen molar-refractivity contribution in [2.75, 3.05) is 5.32 Å². The summed E-state index contributed by atoms with van der Waals surface area (Å²) in [5.74, 6) is 0.131. The second-order valence-corrected chi connectivity index (χ2v) is 5.87. The van der Waals surface area contributed by atoms with E-state index in [-0.39, 0.29) is 22.1 Å². The highest BCUT2D eigenvalue weighted by Crippen LogP contribution is 2.23. The minimum atomic E-state index is -0.544. The Morgan fingerprint density at radius 3 is 2.83 bits per heavy atom. The number of aromatic nitrogens is 2. The molecular weight excluding hydrogens is 317 g/mol. The predicted molar refractivity (Wildman–Crippen MR) is 90.5 cm³/mol. The molecule has 0 unspecified atom stereocenters. The Labute approximate surface area is 137 Å². The number of hydrogen-bond donors (Lipinski definition) is 2. The topological polar surface area (TPSA) is 57.8 Å². The molecule has 23 heavy (non-hydrogen) atoms. The van der Waals surface area contributed by atoms with Gasteiger partial charge < -0.3 is 10.3 Å². The number of nitrogens with one attached hydrogen (secondary N) is 2. The van der Waals surface area contributed by atoms with Crippen LogP contribution in [0.2, 0.25) is 5.02 Å². The highest BCUT2D eigenvalue weighted by Gasteiger charge is 2.14. The molecule has 0 radical (unpaired) electrons. The van der Waals surface area contributed by atoms with Gasteiger partial charge in [-0.15, -0.1) is 0 Å². The van der Waals surface area contributed by atoms with Gasteiger partial charge in [0.25, 0.3) is 5.56 Å². The highest BCUT2D eigenvalue weighted by molar-refractivity contribution is 6.31. The Kier molecular flexibility index (Phi) is 4.05. The van der Waals surface area contributed by atoms with Crippen LogP contribution in [0.4, 0.5) is 10.2 Å². The zero-order valence-corrected chi connectivity index (χ0v) is 13.4. The first-order valence-corrected chi connectivity index (χ1v) is 7.54. The zero-order valence-electron chi connectivity index (χ0n) is 12.7. The Bertz CT molecular complexity index is 939. The van der Waals surface area contributed by atoms with Crippen LogP contribution in [0.5, 0.6) is 0 Å². The molecule has 2 heterocycles. The van der Waals surface area contributed by atoms with E-state index in [1.165, 1.54) is 6.07 Å². The van der Waals surface area contributed by atoms with Gasteiger partial charge in [-0.1, -0.05) is 17.7 Å². The summed E-state index contributed by atoms with van der Waals surface area (Å²) in [6.45, 7) is 3.74. The van der Waals surface area contributed by atoms with E-state index < -0.39 is 5.82 Å². The van der Waals surface area contributed by atoms with Crippen LogP contribution in [0, 0.1) is 12.7 Å². The summed E-state index contributed by atoms with van der Waals surface area (Å²) in [7, 11) is 0. The van der Waals surface area contributed by atoms with Crippen molar-refractivity contribution in [3.05, 3.63) is 68.8 Å². The molecule has 0 amide bonds. The van der Waals surface area contributed by atoms with Gasteiger partial charge in [-0.05, 0) is 44.2 Å². The second kappa shape index (κ2) is 6.01. The van der Waals surface area contributed by atoms with Crippen molar-refractivity contribution in [1.29, 1.82) is 0 Å². The molecule has 0 saturated heterocycles. The number of hydrogen-bond acceptors (Lipinski definition) is 3. The number of pyridine rings is 2. The minimum Gasteiger partial charge on any atom is -0.363 e. The SMILES string of the molecule is Cc1cccc(N[C@@H](C)c2cc3cc(Cl)cc(F)c3[nH]c2=O)n1. The summed E-state index contributed by atoms with van der Waals surface area (Å²) in [4.78, 5) is 19.2. The van der Waals surface area contributed by atoms with Crippen molar-refractivity contribution in [3.8, 4) is 0 Å². The summed E-state index contributed by atoms with van der Waals surface area (Å²) < 4.78 is 13.9. The third-order valence-corrected chi connectivity index (χ3v) is 3.83. The maximum Gasteiger partial charge on any atom is 0.253 e. The van der Waals surface area contributed by atoms with Crippen molar-refractivity contribution in [2.24, 2.45) is 0 Å². The summed E-state index contributed by atoms with van der Waals surface area (Å²) in [6.07, 6.45) is 0. The number of nitrogens with zero attached hydrogens (tertiary/aromatic N) is 1. The van der Waals surface area contributed by atoms with Crippen LogP contribution in [0.1, 0.15) is 24.2 Å². The Balaban J connectivity index is 2.01. The van der Waals surface area contributed by atoms with E-state index >= 15 is 0 Å². The maximum absolute atomic E-state index is 13.9. The lowest BCUT2D eigenvalue weighted by Crippen LogP contribution is -2.20. The lowest BCUT2D eigenvalue weighted by atomic mass is 10.1. The van der Waals surface area contributed by atoms with Crippen molar-refractivity contribution in [2.45, 2.75) is 19.9 Å². The maximum atomic E-state index is 13.9. The monoisotopic (exact) mass is 331 g/mol. The molecule has 2 aromatic heterocycles. The molecule has 0 aliphatic carbocycles. The van der Waals surface area contributed by atoms with Crippen LogP contribution in [-0.2, 0) is 0 Å². The van der Waals surface area contributed by atoms with Crippen molar-refractivity contribution in [3.63, 3.8) is 0 Å². The van der Waals surface area contributed by atoms with E-state index in [0.717, 1.165) is 5.69 Å². The van der Waals surface area contributed by atoms with Crippen molar-refractivity contribution in [1.82, 2.24) is 9.97 Å². The van der Waals surface area contributed by atoms with E-state index in [0.29, 0.717) is 16.8 Å². The summed E-state index contributed by atoms with van der Waals surface area (Å²) in [6, 6.07) is 9.76. The first-order chi connectivity index (χ1) is 10.9. The molecule has 0 fully saturated rings. The van der Waals surface area contributed by atoms with Crippen molar-refractivity contribution < 1.29 is 4.39 Å². The third kappa shape index (κ3) is 3.19. The molecule has 6 heteroatoms. The number of aryl methyl sites for hydroxylation is 1. The van der Waals surface area contributed by atoms with Gasteiger partial charge >= 0.3 is 0 Å². The third-order valence-electron chi connectivity index (χ3n) is 3.62. The lowest BCUT2D eigenvalue weighted by molar-refractivity contribution is 0.636. The molecule has 1 aromatic carbocycles. The average Bonchev–Trinajstić information content (AvgIpc) is 2.47. The smallest absolute Gasteiger partial charge is 0.253 e. The molecule has 1 atom stereocenters. The molecule has 0 aliphatic rings. The van der Waals surface area contributed by atoms with Crippen molar-refractivity contribution >= 4 is 28.3 Å². The number of rotatable bonds is 3. The molecular formula is C17H15ClFN3O. The fourth-order valence-electron chi connectivity index (χ4n) is 2.50. The van der Waals surface area contributed by atoms with E-state index in [1.807, 2.05) is 32.0 Å². The van der Waals surface area contributed by atoms with Gasteiger partial charge in [0.05, 0.1) is 11.6 Å². The van der Waals surface area contributed by atoms with Gasteiger partial charge in [0, 0.05) is 21.7 Å². The van der Waals surface area contributed by atoms with E-state index in [2.05, 4.69) is 15.3 Å². The fourth-order valence-corrected chi connectivity index (χ4v) is 2.72. The van der Waals surface area contributed by atoms with Crippen LogP contribution in [0.3, 0.4) is 0 Å². The summed E-state index contributed by atoms with van der Waals surface area (Å²) in [5, 5.41) is 4.01. The van der Waals surface area contributed by atoms with Crippen LogP contribution in [-0.4, -0.2) is 9.97 Å². The number of benzene rings is 1. The molecule has 4 nitrogen and oxygen atoms in total. The Hall–Kier alpha value is -2.40. The normalized spacial score (nSPS) is 12.3. The molecule has 0 spiro atoms. The highest BCUT2D eigenvalue weighted by atomic mass is 35.5. The van der Waals surface area contributed by atoms with Gasteiger partial charge in [0.15, 0.2) is 0 Å². The van der Waals surface area contributed by atoms with E-state index in [9.17, 15) is 9.18 Å². The number of anilines is 1. The second-order valence-electron chi connectivity index (χ2n) is 5.44. The largest absolute Gasteiger partial charge is 0.363 e. The average molecular weight is 332 g/mol. The first-order valence-electron chi connectivity index (χ1n) is 7.16. The fraction of sp³-hybridized carbons (Fsp3) is 0.176. The van der Waals surface area contributed by atoms with Gasteiger partial charge in [-0.2, -0.15) is 0 Å². The van der Waals surface area contributed by atoms with Crippen LogP contribution in [0.15, 0.2) is 41.2 Å². The standard InChI is InChI=1S/C17H15ClFN3O/c1-9-4-3-5-15(20-9)21-10(2)13-7-11-6-12(18)8-14(19)16(11)22-17(13)23/h3-8,10H,1-2H3,(H,20,21)(H,22,23)/t10-/m0/s1. The number of aromatic amines is 1. The zero-order chi connectivity index (χ0) is 16.6. The van der Waals surface area contributed by atoms with E-state index in [1.54, 1.807) is 12.1 Å². The molecule has 3 rings (SSSR count). The number of H-pyrrole nitrogens is 1. The summed E-state index contributed by atoms with van der Waals surface area (Å²) in [5.41, 5.74) is 1.18. The van der Waals surface area contributed by atoms with Gasteiger partial charge in [0.1, 0.15) is 11.6 Å². The quantitative estimate of drug-likeness (QED) is 0.756. The minimum absolute atomic E-state index is 0.157. The Morgan fingerprint density at radius 2 is 2.09 bits per heavy atom. The van der Waals surface area contributed by atoms with Crippen LogP contribution < -0.4 is 10.9 Å². The molecule has 3 aromatic rings. The molecule has 2 N–H and O–H groups in total. The number of fused-ring (bicyclic) bond motifs is 1. The predicted octanol–water partition coefficient (Wildman–Crippen LogP) is 4.20.